The molecule has 0 bridgehead atoms. The topological polar surface area (TPSA) is 60.9 Å². The van der Waals surface area contributed by atoms with Crippen LogP contribution in [0.4, 0.5) is 10.5 Å². The van der Waals surface area contributed by atoms with Crippen molar-refractivity contribution in [2.75, 3.05) is 18.5 Å². The Labute approximate surface area is 105 Å². The molecule has 2 amide bonds. The van der Waals surface area contributed by atoms with E-state index in [1.165, 1.54) is 6.08 Å². The van der Waals surface area contributed by atoms with Crippen LogP contribution in [0.25, 0.3) is 0 Å². The number of amides is 2. The van der Waals surface area contributed by atoms with Crippen molar-refractivity contribution in [1.29, 1.82) is 0 Å². The average molecular weight is 246 g/mol. The van der Waals surface area contributed by atoms with Crippen LogP contribution in [0.2, 0.25) is 0 Å². The lowest BCUT2D eigenvalue weighted by molar-refractivity contribution is -0.131. The van der Waals surface area contributed by atoms with Crippen molar-refractivity contribution in [3.05, 3.63) is 42.0 Å². The Hall–Kier alpha value is -2.30. The van der Waals surface area contributed by atoms with Gasteiger partial charge in [0.15, 0.2) is 0 Å². The number of carbonyl (C=O) groups is 2. The Bertz CT molecular complexity index is 511. The molecule has 0 fully saturated rings. The fraction of sp³-hybridized carbons (Fsp3) is 0.231. The second kappa shape index (κ2) is 4.91. The number of fused-ring (bicyclic) bond motifs is 1. The van der Waals surface area contributed by atoms with Gasteiger partial charge in [0.2, 0.25) is 0 Å². The maximum absolute atomic E-state index is 12.0. The molecule has 0 spiro atoms. The normalized spacial score (nSPS) is 15.1. The summed E-state index contributed by atoms with van der Waals surface area (Å²) in [5.74, 6) is -1.01. The Kier molecular flexibility index (Phi) is 3.32. The third-order valence-corrected chi connectivity index (χ3v) is 2.80. The summed E-state index contributed by atoms with van der Waals surface area (Å²) in [6, 6.07) is 7.50. The number of rotatable bonds is 3. The van der Waals surface area contributed by atoms with Gasteiger partial charge in [0.05, 0.1) is 5.69 Å². The molecule has 1 N–H and O–H groups in total. The van der Waals surface area contributed by atoms with Gasteiger partial charge in [0.25, 0.3) is 0 Å². The molecule has 1 heterocycles. The number of urea groups is 1. The number of carbonyl (C=O) groups excluding carboxylic acids is 1. The molecular weight excluding hydrogens is 232 g/mol. The SMILES string of the molecule is CN1Cc2ccccc2N(C/C=C/C(=O)O)C1=O. The molecule has 0 radical (unpaired) electrons. The minimum absolute atomic E-state index is 0.122. The molecule has 1 aliphatic heterocycles. The smallest absolute Gasteiger partial charge is 0.328 e. The molecule has 0 aliphatic carbocycles. The standard InChI is InChI=1S/C13H14N2O3/c1-14-9-10-5-2-3-6-11(10)15(13(14)18)8-4-7-12(16)17/h2-7H,8-9H2,1H3,(H,16,17)/b7-4+. The van der Waals surface area contributed by atoms with Crippen molar-refractivity contribution in [2.24, 2.45) is 0 Å². The quantitative estimate of drug-likeness (QED) is 0.826. The summed E-state index contributed by atoms with van der Waals surface area (Å²) in [4.78, 5) is 25.6. The number of para-hydroxylation sites is 1. The van der Waals surface area contributed by atoms with Gasteiger partial charge in [-0.3, -0.25) is 4.90 Å². The highest BCUT2D eigenvalue weighted by Gasteiger charge is 2.26. The molecule has 2 rings (SSSR count). The molecule has 1 aromatic carbocycles. The Balaban J connectivity index is 2.27. The first kappa shape index (κ1) is 12.2. The van der Waals surface area contributed by atoms with E-state index in [9.17, 15) is 9.59 Å². The van der Waals surface area contributed by atoms with Crippen LogP contribution in [0.5, 0.6) is 0 Å². The van der Waals surface area contributed by atoms with Crippen molar-refractivity contribution in [2.45, 2.75) is 6.54 Å². The molecule has 5 heteroatoms. The first-order valence-corrected chi connectivity index (χ1v) is 5.59. The molecule has 18 heavy (non-hydrogen) atoms. The molecule has 0 saturated carbocycles. The molecule has 1 aliphatic rings. The van der Waals surface area contributed by atoms with Crippen molar-refractivity contribution < 1.29 is 14.7 Å². The van der Waals surface area contributed by atoms with Crippen LogP contribution >= 0.6 is 0 Å². The van der Waals surface area contributed by atoms with Gasteiger partial charge < -0.3 is 10.0 Å². The highest BCUT2D eigenvalue weighted by molar-refractivity contribution is 5.95. The van der Waals surface area contributed by atoms with E-state index < -0.39 is 5.97 Å². The summed E-state index contributed by atoms with van der Waals surface area (Å²) in [5, 5.41) is 8.56. The lowest BCUT2D eigenvalue weighted by Crippen LogP contribution is -2.45. The first-order chi connectivity index (χ1) is 8.59. The molecule has 0 aromatic heterocycles. The van der Waals surface area contributed by atoms with Crippen molar-refractivity contribution in [1.82, 2.24) is 4.90 Å². The van der Waals surface area contributed by atoms with Gasteiger partial charge in [-0.15, -0.1) is 0 Å². The van der Waals surface area contributed by atoms with E-state index >= 15 is 0 Å². The Morgan fingerprint density at radius 1 is 1.44 bits per heavy atom. The van der Waals surface area contributed by atoms with Crippen molar-refractivity contribution >= 4 is 17.7 Å². The predicted molar refractivity (Wildman–Crippen MR) is 67.4 cm³/mol. The Morgan fingerprint density at radius 3 is 2.89 bits per heavy atom. The van der Waals surface area contributed by atoms with Gasteiger partial charge in [-0.25, -0.2) is 9.59 Å². The van der Waals surface area contributed by atoms with Crippen LogP contribution in [0, 0.1) is 0 Å². The van der Waals surface area contributed by atoms with Crippen LogP contribution in [0.3, 0.4) is 0 Å². The number of hydrogen-bond acceptors (Lipinski definition) is 2. The van der Waals surface area contributed by atoms with Crippen LogP contribution < -0.4 is 4.90 Å². The lowest BCUT2D eigenvalue weighted by Gasteiger charge is -2.34. The second-order valence-electron chi connectivity index (χ2n) is 4.12. The number of carboxylic acids is 1. The summed E-state index contributed by atoms with van der Waals surface area (Å²) >= 11 is 0. The summed E-state index contributed by atoms with van der Waals surface area (Å²) in [6.07, 6.45) is 2.51. The molecule has 0 saturated heterocycles. The van der Waals surface area contributed by atoms with Gasteiger partial charge in [-0.05, 0) is 11.6 Å². The zero-order valence-corrected chi connectivity index (χ0v) is 10.0. The largest absolute Gasteiger partial charge is 0.478 e. The number of benzene rings is 1. The highest BCUT2D eigenvalue weighted by Crippen LogP contribution is 2.27. The van der Waals surface area contributed by atoms with Crippen LogP contribution in [0.1, 0.15) is 5.56 Å². The fourth-order valence-corrected chi connectivity index (χ4v) is 1.98. The van der Waals surface area contributed by atoms with Gasteiger partial charge >= 0.3 is 12.0 Å². The van der Waals surface area contributed by atoms with Gasteiger partial charge in [-0.2, -0.15) is 0 Å². The van der Waals surface area contributed by atoms with Crippen LogP contribution in [-0.2, 0) is 11.3 Å². The molecule has 1 aromatic rings. The monoisotopic (exact) mass is 246 g/mol. The van der Waals surface area contributed by atoms with E-state index in [4.69, 9.17) is 5.11 Å². The number of nitrogens with zero attached hydrogens (tertiary/aromatic N) is 2. The molecule has 94 valence electrons. The third-order valence-electron chi connectivity index (χ3n) is 2.80. The summed E-state index contributed by atoms with van der Waals surface area (Å²) < 4.78 is 0. The van der Waals surface area contributed by atoms with Gasteiger partial charge in [0.1, 0.15) is 0 Å². The third kappa shape index (κ3) is 2.34. The molecule has 0 atom stereocenters. The van der Waals surface area contributed by atoms with E-state index in [1.807, 2.05) is 24.3 Å². The van der Waals surface area contributed by atoms with Gasteiger partial charge in [-0.1, -0.05) is 24.3 Å². The maximum atomic E-state index is 12.0. The lowest BCUT2D eigenvalue weighted by atomic mass is 10.1. The minimum atomic E-state index is -1.01. The molecular formula is C13H14N2O3. The maximum Gasteiger partial charge on any atom is 0.328 e. The van der Waals surface area contributed by atoms with Crippen LogP contribution in [-0.4, -0.2) is 35.6 Å². The average Bonchev–Trinajstić information content (AvgIpc) is 2.33. The number of carboxylic acid groups (broad SMARTS) is 1. The molecule has 0 unspecified atom stereocenters. The number of aliphatic carboxylic acids is 1. The van der Waals surface area contributed by atoms with Gasteiger partial charge in [0, 0.05) is 26.2 Å². The summed E-state index contributed by atoms with van der Waals surface area (Å²) in [7, 11) is 1.73. The minimum Gasteiger partial charge on any atom is -0.478 e. The Morgan fingerprint density at radius 2 is 2.17 bits per heavy atom. The number of anilines is 1. The van der Waals surface area contributed by atoms with E-state index in [2.05, 4.69) is 0 Å². The number of hydrogen-bond donors (Lipinski definition) is 1. The summed E-state index contributed by atoms with van der Waals surface area (Å²) in [5.41, 5.74) is 1.90. The van der Waals surface area contributed by atoms with Crippen molar-refractivity contribution in [3.8, 4) is 0 Å². The van der Waals surface area contributed by atoms with E-state index in [-0.39, 0.29) is 12.6 Å². The fourth-order valence-electron chi connectivity index (χ4n) is 1.98. The zero-order chi connectivity index (χ0) is 13.1. The second-order valence-corrected chi connectivity index (χ2v) is 4.12. The van der Waals surface area contributed by atoms with E-state index in [0.717, 1.165) is 17.3 Å². The van der Waals surface area contributed by atoms with E-state index in [0.29, 0.717) is 6.54 Å². The van der Waals surface area contributed by atoms with E-state index in [1.54, 1.807) is 16.8 Å². The zero-order valence-electron chi connectivity index (χ0n) is 10.0. The first-order valence-electron chi connectivity index (χ1n) is 5.59. The summed E-state index contributed by atoms with van der Waals surface area (Å²) in [6.45, 7) is 0.834. The van der Waals surface area contributed by atoms with Crippen LogP contribution in [0.15, 0.2) is 36.4 Å². The highest BCUT2D eigenvalue weighted by atomic mass is 16.4. The van der Waals surface area contributed by atoms with Crippen molar-refractivity contribution in [3.63, 3.8) is 0 Å². The predicted octanol–water partition coefficient (Wildman–Crippen LogP) is 1.70. The molecule has 5 nitrogen and oxygen atoms in total.